The van der Waals surface area contributed by atoms with E-state index < -0.39 is 24.1 Å². The number of rotatable bonds is 10. The Morgan fingerprint density at radius 1 is 1.10 bits per heavy atom. The van der Waals surface area contributed by atoms with E-state index in [2.05, 4.69) is 11.9 Å². The van der Waals surface area contributed by atoms with Crippen molar-refractivity contribution in [1.82, 2.24) is 4.98 Å². The molecule has 1 aromatic heterocycles. The minimum atomic E-state index is -0.972. The highest BCUT2D eigenvalue weighted by atomic mass is 16.4. The molecule has 0 radical (unpaired) electrons. The Morgan fingerprint density at radius 2 is 1.70 bits per heavy atom. The number of H-pyrrole nitrogens is 1. The van der Waals surface area contributed by atoms with E-state index in [1.54, 1.807) is 0 Å². The lowest BCUT2D eigenvalue weighted by molar-refractivity contribution is -0.139. The first-order valence-electron chi connectivity index (χ1n) is 10.3. The zero-order chi connectivity index (χ0) is 22.9. The van der Waals surface area contributed by atoms with Crippen molar-refractivity contribution in [3.8, 4) is 0 Å². The van der Waals surface area contributed by atoms with Crippen molar-refractivity contribution in [2.75, 3.05) is 6.61 Å². The average Bonchev–Trinajstić information content (AvgIpc) is 3.11. The predicted octanol–water partition coefficient (Wildman–Crippen LogP) is 2.91. The van der Waals surface area contributed by atoms with Gasteiger partial charge in [-0.3, -0.25) is 9.59 Å². The Hall–Kier alpha value is -2.42. The molecule has 0 fully saturated rings. The van der Waals surface area contributed by atoms with Crippen LogP contribution in [0.1, 0.15) is 57.9 Å². The summed E-state index contributed by atoms with van der Waals surface area (Å²) in [5.74, 6) is -1.64. The van der Waals surface area contributed by atoms with Gasteiger partial charge in [-0.15, -0.1) is 0 Å². The summed E-state index contributed by atoms with van der Waals surface area (Å²) in [6, 6.07) is 6.91. The lowest BCUT2D eigenvalue weighted by Crippen LogP contribution is -2.32. The number of fused-ring (bicyclic) bond motifs is 1. The number of nitrogens with one attached hydrogen (secondary N) is 1. The molecule has 8 nitrogen and oxygen atoms in total. The number of carboxylic acid groups (broad SMARTS) is 2. The normalized spacial score (nSPS) is 12.2. The Bertz CT molecular complexity index is 729. The summed E-state index contributed by atoms with van der Waals surface area (Å²) >= 11 is 0. The molecule has 0 amide bonds. The number of aliphatic carboxylic acids is 2. The average molecular weight is 425 g/mol. The number of hydrogen-bond donors (Lipinski definition) is 6. The summed E-state index contributed by atoms with van der Waals surface area (Å²) in [4.78, 5) is 23.7. The van der Waals surface area contributed by atoms with Crippen molar-refractivity contribution in [2.45, 2.75) is 70.9 Å². The fourth-order valence-corrected chi connectivity index (χ4v) is 2.50. The second kappa shape index (κ2) is 16.4. The summed E-state index contributed by atoms with van der Waals surface area (Å²) in [6.45, 7) is 3.54. The van der Waals surface area contributed by atoms with E-state index >= 15 is 0 Å². The van der Waals surface area contributed by atoms with Gasteiger partial charge >= 0.3 is 11.9 Å². The van der Waals surface area contributed by atoms with Crippen molar-refractivity contribution in [2.24, 2.45) is 5.73 Å². The van der Waals surface area contributed by atoms with E-state index in [-0.39, 0.29) is 6.61 Å². The van der Waals surface area contributed by atoms with Crippen LogP contribution in [0.3, 0.4) is 0 Å². The maximum Gasteiger partial charge on any atom is 0.320 e. The molecular formula is C22H36N2O6. The predicted molar refractivity (Wildman–Crippen MR) is 117 cm³/mol. The maximum absolute atomic E-state index is 10.6. The Balaban J connectivity index is 0.000000486. The number of hydrogen-bond acceptors (Lipinski definition) is 5. The molecule has 0 aliphatic carbocycles. The molecule has 1 unspecified atom stereocenters. The van der Waals surface area contributed by atoms with Crippen LogP contribution < -0.4 is 5.73 Å². The largest absolute Gasteiger partial charge is 0.481 e. The van der Waals surface area contributed by atoms with Crippen LogP contribution in [-0.2, 0) is 16.0 Å². The summed E-state index contributed by atoms with van der Waals surface area (Å²) in [5, 5.41) is 34.0. The molecule has 2 atom stereocenters. The number of nitrogens with two attached hydrogens (primary N) is 1. The Morgan fingerprint density at radius 3 is 2.23 bits per heavy atom. The van der Waals surface area contributed by atoms with Gasteiger partial charge in [0.05, 0.1) is 12.7 Å². The van der Waals surface area contributed by atoms with Crippen molar-refractivity contribution >= 4 is 22.8 Å². The second-order valence-electron chi connectivity index (χ2n) is 7.10. The molecule has 0 spiro atoms. The molecule has 1 aromatic carbocycles. The Labute approximate surface area is 177 Å². The standard InChI is InChI=1S/C11H12N2O2.C8H16O2.C3H8O2/c12-9(11(14)15)5-7-6-13-10-4-2-1-3-8(7)10;1-2-3-4-5-6-7-8(9)10;1-3(5)2-4/h1-4,6,9,13H,5,12H2,(H,14,15);2-7H2,1H3,(H,9,10);3-5H,2H2,1H3/t9-;;/m0../s1. The highest BCUT2D eigenvalue weighted by molar-refractivity contribution is 5.84. The third-order valence-electron chi connectivity index (χ3n) is 4.19. The molecule has 0 bridgehead atoms. The van der Waals surface area contributed by atoms with Crippen LogP contribution in [0.4, 0.5) is 0 Å². The van der Waals surface area contributed by atoms with Crippen LogP contribution in [0.15, 0.2) is 30.5 Å². The number of aliphatic hydroxyl groups is 2. The topological polar surface area (TPSA) is 157 Å². The first kappa shape index (κ1) is 27.6. The quantitative estimate of drug-likeness (QED) is 0.320. The van der Waals surface area contributed by atoms with Gasteiger partial charge in [-0.05, 0) is 25.0 Å². The summed E-state index contributed by atoms with van der Waals surface area (Å²) in [7, 11) is 0. The molecule has 170 valence electrons. The molecule has 0 saturated heterocycles. The van der Waals surface area contributed by atoms with Crippen LogP contribution in [0.5, 0.6) is 0 Å². The van der Waals surface area contributed by atoms with Gasteiger partial charge in [-0.1, -0.05) is 50.8 Å². The van der Waals surface area contributed by atoms with E-state index in [9.17, 15) is 9.59 Å². The number of carboxylic acids is 2. The van der Waals surface area contributed by atoms with Crippen LogP contribution in [0, 0.1) is 0 Å². The van der Waals surface area contributed by atoms with Gasteiger partial charge in [-0.25, -0.2) is 0 Å². The van der Waals surface area contributed by atoms with Gasteiger partial charge in [-0.2, -0.15) is 0 Å². The summed E-state index contributed by atoms with van der Waals surface area (Å²) < 4.78 is 0. The van der Waals surface area contributed by atoms with Crippen LogP contribution in [-0.4, -0.2) is 56.1 Å². The van der Waals surface area contributed by atoms with Gasteiger partial charge in [0.1, 0.15) is 6.04 Å². The lowest BCUT2D eigenvalue weighted by atomic mass is 10.1. The molecule has 0 aliphatic heterocycles. The van der Waals surface area contributed by atoms with Gasteiger partial charge < -0.3 is 31.1 Å². The number of aliphatic hydroxyl groups excluding tert-OH is 2. The third-order valence-corrected chi connectivity index (χ3v) is 4.19. The minimum absolute atomic E-state index is 0.139. The summed E-state index contributed by atoms with van der Waals surface area (Å²) in [5.41, 5.74) is 7.43. The molecule has 1 heterocycles. The van der Waals surface area contributed by atoms with Gasteiger partial charge in [0.25, 0.3) is 0 Å². The van der Waals surface area contributed by atoms with E-state index in [0.717, 1.165) is 29.3 Å². The Kier molecular flexibility index (Phi) is 15.1. The molecule has 8 heteroatoms. The monoisotopic (exact) mass is 424 g/mol. The number of benzene rings is 1. The van der Waals surface area contributed by atoms with E-state index in [4.69, 9.17) is 26.2 Å². The van der Waals surface area contributed by atoms with Gasteiger partial charge in [0.15, 0.2) is 0 Å². The van der Waals surface area contributed by atoms with Crippen molar-refractivity contribution in [3.63, 3.8) is 0 Å². The zero-order valence-electron chi connectivity index (χ0n) is 17.9. The fourth-order valence-electron chi connectivity index (χ4n) is 2.50. The molecule has 2 aromatic rings. The first-order valence-corrected chi connectivity index (χ1v) is 10.3. The van der Waals surface area contributed by atoms with E-state index in [1.807, 2.05) is 30.5 Å². The number of aromatic nitrogens is 1. The molecule has 7 N–H and O–H groups in total. The van der Waals surface area contributed by atoms with Crippen LogP contribution in [0.25, 0.3) is 10.9 Å². The third kappa shape index (κ3) is 12.9. The summed E-state index contributed by atoms with van der Waals surface area (Å²) in [6.07, 6.45) is 7.48. The number of para-hydroxylation sites is 1. The molecule has 0 saturated carbocycles. The van der Waals surface area contributed by atoms with Crippen molar-refractivity contribution < 1.29 is 30.0 Å². The lowest BCUT2D eigenvalue weighted by Gasteiger charge is -2.04. The van der Waals surface area contributed by atoms with Gasteiger partial charge in [0, 0.05) is 29.9 Å². The molecule has 2 rings (SSSR count). The van der Waals surface area contributed by atoms with Crippen LogP contribution >= 0.6 is 0 Å². The SMILES string of the molecule is CC(O)CO.CCCCCCCC(=O)O.N[C@@H](Cc1c[nH]c2ccccc12)C(=O)O. The smallest absolute Gasteiger partial charge is 0.320 e. The fraction of sp³-hybridized carbons (Fsp3) is 0.545. The van der Waals surface area contributed by atoms with Crippen molar-refractivity contribution in [1.29, 1.82) is 0 Å². The minimum Gasteiger partial charge on any atom is -0.481 e. The second-order valence-corrected chi connectivity index (χ2v) is 7.10. The molecular weight excluding hydrogens is 388 g/mol. The maximum atomic E-state index is 10.6. The zero-order valence-corrected chi connectivity index (χ0v) is 17.9. The first-order chi connectivity index (χ1) is 14.2. The number of unbranched alkanes of at least 4 members (excludes halogenated alkanes) is 4. The molecule has 30 heavy (non-hydrogen) atoms. The van der Waals surface area contributed by atoms with Gasteiger partial charge in [0.2, 0.25) is 0 Å². The number of carbonyl (C=O) groups is 2. The van der Waals surface area contributed by atoms with E-state index in [0.29, 0.717) is 12.8 Å². The highest BCUT2D eigenvalue weighted by Crippen LogP contribution is 2.18. The van der Waals surface area contributed by atoms with Crippen molar-refractivity contribution in [3.05, 3.63) is 36.0 Å². The molecule has 0 aliphatic rings. The van der Waals surface area contributed by atoms with Crippen LogP contribution in [0.2, 0.25) is 0 Å². The number of aromatic amines is 1. The highest BCUT2D eigenvalue weighted by Gasteiger charge is 2.14. The van der Waals surface area contributed by atoms with E-state index in [1.165, 1.54) is 26.2 Å².